The van der Waals surface area contributed by atoms with Gasteiger partial charge in [0.25, 0.3) is 5.56 Å². The molecule has 0 fully saturated rings. The van der Waals surface area contributed by atoms with E-state index in [1.54, 1.807) is 29.6 Å². The van der Waals surface area contributed by atoms with E-state index in [1.165, 1.54) is 5.56 Å². The van der Waals surface area contributed by atoms with E-state index in [4.69, 9.17) is 4.98 Å². The molecule has 4 heterocycles. The number of H-pyrrole nitrogens is 1. The van der Waals surface area contributed by atoms with Crippen LogP contribution in [0.5, 0.6) is 0 Å². The molecule has 0 saturated carbocycles. The maximum Gasteiger partial charge on any atom is 0.260 e. The summed E-state index contributed by atoms with van der Waals surface area (Å²) in [4.78, 5) is 24.1. The number of nitrogens with one attached hydrogen (secondary N) is 1. The third kappa shape index (κ3) is 2.71. The number of hydrogen-bond acceptors (Lipinski definition) is 5. The van der Waals surface area contributed by atoms with Crippen molar-refractivity contribution in [1.82, 2.24) is 15.0 Å². The molecule has 0 spiro atoms. The predicted molar refractivity (Wildman–Crippen MR) is 95.3 cm³/mol. The van der Waals surface area contributed by atoms with E-state index < -0.39 is 0 Å². The summed E-state index contributed by atoms with van der Waals surface area (Å²) in [5.41, 5.74) is 4.64. The van der Waals surface area contributed by atoms with E-state index in [0.29, 0.717) is 16.9 Å². The number of rotatable bonds is 3. The SMILES string of the molecule is Cc1nc2nc(Cc3ccsc3)c(-c3ccsc3)cc2c(=O)[nH]1. The first kappa shape index (κ1) is 14.3. The Morgan fingerprint density at radius 2 is 1.96 bits per heavy atom. The van der Waals surface area contributed by atoms with E-state index >= 15 is 0 Å². The first-order valence-electron chi connectivity index (χ1n) is 7.15. The van der Waals surface area contributed by atoms with Crippen LogP contribution in [0.15, 0.2) is 44.5 Å². The Morgan fingerprint density at radius 3 is 2.70 bits per heavy atom. The zero-order chi connectivity index (χ0) is 15.8. The molecular weight excluding hydrogens is 326 g/mol. The van der Waals surface area contributed by atoms with Crippen molar-refractivity contribution in [3.63, 3.8) is 0 Å². The molecule has 114 valence electrons. The first-order valence-corrected chi connectivity index (χ1v) is 9.03. The third-order valence-electron chi connectivity index (χ3n) is 3.68. The number of aromatic amines is 1. The van der Waals surface area contributed by atoms with Gasteiger partial charge in [0.05, 0.1) is 11.1 Å². The molecule has 0 aliphatic carbocycles. The van der Waals surface area contributed by atoms with Gasteiger partial charge in [-0.2, -0.15) is 22.7 Å². The van der Waals surface area contributed by atoms with E-state index in [0.717, 1.165) is 23.2 Å². The lowest BCUT2D eigenvalue weighted by atomic mass is 10.0. The lowest BCUT2D eigenvalue weighted by molar-refractivity contribution is 1.02. The van der Waals surface area contributed by atoms with Crippen LogP contribution < -0.4 is 5.56 Å². The normalized spacial score (nSPS) is 11.2. The van der Waals surface area contributed by atoms with Crippen molar-refractivity contribution in [2.45, 2.75) is 13.3 Å². The molecular formula is C17H13N3OS2. The van der Waals surface area contributed by atoms with Crippen LogP contribution in [0, 0.1) is 6.92 Å². The monoisotopic (exact) mass is 339 g/mol. The zero-order valence-corrected chi connectivity index (χ0v) is 14.0. The summed E-state index contributed by atoms with van der Waals surface area (Å²) >= 11 is 3.31. The number of aromatic nitrogens is 3. The van der Waals surface area contributed by atoms with Crippen LogP contribution in [-0.4, -0.2) is 15.0 Å². The van der Waals surface area contributed by atoms with Gasteiger partial charge in [-0.1, -0.05) is 0 Å². The second-order valence-corrected chi connectivity index (χ2v) is 6.89. The molecule has 0 atom stereocenters. The molecule has 4 aromatic rings. The van der Waals surface area contributed by atoms with Crippen LogP contribution >= 0.6 is 22.7 Å². The molecule has 0 unspecified atom stereocenters. The second kappa shape index (κ2) is 5.72. The van der Waals surface area contributed by atoms with Crippen molar-refractivity contribution in [1.29, 1.82) is 0 Å². The Labute approximate surface area is 140 Å². The van der Waals surface area contributed by atoms with Gasteiger partial charge in [0, 0.05) is 12.0 Å². The van der Waals surface area contributed by atoms with Gasteiger partial charge in [-0.25, -0.2) is 9.97 Å². The fourth-order valence-electron chi connectivity index (χ4n) is 2.60. The lowest BCUT2D eigenvalue weighted by Crippen LogP contribution is -2.12. The van der Waals surface area contributed by atoms with Gasteiger partial charge in [-0.3, -0.25) is 4.79 Å². The predicted octanol–water partition coefficient (Wildman–Crippen LogP) is 4.01. The number of fused-ring (bicyclic) bond motifs is 1. The quantitative estimate of drug-likeness (QED) is 0.613. The summed E-state index contributed by atoms with van der Waals surface area (Å²) in [7, 11) is 0. The topological polar surface area (TPSA) is 58.6 Å². The highest BCUT2D eigenvalue weighted by atomic mass is 32.1. The largest absolute Gasteiger partial charge is 0.310 e. The number of nitrogens with zero attached hydrogens (tertiary/aromatic N) is 2. The molecule has 4 aromatic heterocycles. The van der Waals surface area contributed by atoms with Crippen LogP contribution in [0.3, 0.4) is 0 Å². The summed E-state index contributed by atoms with van der Waals surface area (Å²) in [6, 6.07) is 6.07. The van der Waals surface area contributed by atoms with Crippen molar-refractivity contribution >= 4 is 33.7 Å². The van der Waals surface area contributed by atoms with Crippen LogP contribution in [0.2, 0.25) is 0 Å². The average molecular weight is 339 g/mol. The Kier molecular flexibility index (Phi) is 3.55. The molecule has 0 bridgehead atoms. The van der Waals surface area contributed by atoms with Crippen molar-refractivity contribution < 1.29 is 0 Å². The molecule has 0 aliphatic rings. The molecule has 0 aromatic carbocycles. The molecule has 4 nitrogen and oxygen atoms in total. The molecule has 0 amide bonds. The molecule has 1 N–H and O–H groups in total. The summed E-state index contributed by atoms with van der Waals surface area (Å²) in [5, 5.41) is 8.83. The van der Waals surface area contributed by atoms with E-state index in [1.807, 2.05) is 11.4 Å². The van der Waals surface area contributed by atoms with Crippen LogP contribution in [0.25, 0.3) is 22.2 Å². The molecule has 23 heavy (non-hydrogen) atoms. The maximum absolute atomic E-state index is 12.2. The minimum Gasteiger partial charge on any atom is -0.310 e. The smallest absolute Gasteiger partial charge is 0.260 e. The van der Waals surface area contributed by atoms with Crippen molar-refractivity contribution in [3.05, 3.63) is 67.2 Å². The summed E-state index contributed by atoms with van der Waals surface area (Å²) in [6.07, 6.45) is 0.734. The van der Waals surface area contributed by atoms with Crippen LogP contribution in [0.4, 0.5) is 0 Å². The number of pyridine rings is 1. The highest BCUT2D eigenvalue weighted by Crippen LogP contribution is 2.28. The fourth-order valence-corrected chi connectivity index (χ4v) is 3.92. The first-order chi connectivity index (χ1) is 11.2. The molecule has 4 rings (SSSR count). The molecule has 6 heteroatoms. The average Bonchev–Trinajstić information content (AvgIpc) is 3.19. The summed E-state index contributed by atoms with van der Waals surface area (Å²) < 4.78 is 0. The van der Waals surface area contributed by atoms with Crippen molar-refractivity contribution in [2.75, 3.05) is 0 Å². The molecule has 0 saturated heterocycles. The zero-order valence-electron chi connectivity index (χ0n) is 12.4. The molecule has 0 aliphatic heterocycles. The molecule has 0 radical (unpaired) electrons. The van der Waals surface area contributed by atoms with Gasteiger partial charge >= 0.3 is 0 Å². The lowest BCUT2D eigenvalue weighted by Gasteiger charge is -2.09. The van der Waals surface area contributed by atoms with E-state index in [2.05, 4.69) is 38.2 Å². The number of aryl methyl sites for hydroxylation is 1. The van der Waals surface area contributed by atoms with Crippen LogP contribution in [0.1, 0.15) is 17.1 Å². The van der Waals surface area contributed by atoms with Gasteiger partial charge in [0.1, 0.15) is 5.82 Å². The highest BCUT2D eigenvalue weighted by molar-refractivity contribution is 7.08. The van der Waals surface area contributed by atoms with Gasteiger partial charge in [0.2, 0.25) is 0 Å². The minimum atomic E-state index is -0.140. The van der Waals surface area contributed by atoms with Gasteiger partial charge in [-0.05, 0) is 57.8 Å². The second-order valence-electron chi connectivity index (χ2n) is 5.33. The minimum absolute atomic E-state index is 0.140. The van der Waals surface area contributed by atoms with Crippen molar-refractivity contribution in [2.24, 2.45) is 0 Å². The summed E-state index contributed by atoms with van der Waals surface area (Å²) in [5.74, 6) is 0.583. The highest BCUT2D eigenvalue weighted by Gasteiger charge is 2.13. The van der Waals surface area contributed by atoms with Gasteiger partial charge in [-0.15, -0.1) is 0 Å². The van der Waals surface area contributed by atoms with Crippen LogP contribution in [-0.2, 0) is 6.42 Å². The van der Waals surface area contributed by atoms with Gasteiger partial charge in [0.15, 0.2) is 5.65 Å². The van der Waals surface area contributed by atoms with Gasteiger partial charge < -0.3 is 4.98 Å². The maximum atomic E-state index is 12.2. The Bertz CT molecular complexity index is 1020. The standard InChI is InChI=1S/C17H13N3OS2/c1-10-18-16-14(17(21)19-10)7-13(12-3-5-23-9-12)15(20-16)6-11-2-4-22-8-11/h2-5,7-9H,6H2,1H3,(H,18,19,20,21). The number of thiophene rings is 2. The van der Waals surface area contributed by atoms with E-state index in [9.17, 15) is 4.79 Å². The number of hydrogen-bond donors (Lipinski definition) is 1. The Balaban J connectivity index is 1.97. The summed E-state index contributed by atoms with van der Waals surface area (Å²) in [6.45, 7) is 1.77. The van der Waals surface area contributed by atoms with E-state index in [-0.39, 0.29) is 5.56 Å². The Hall–Kier alpha value is -2.31. The van der Waals surface area contributed by atoms with Crippen molar-refractivity contribution in [3.8, 4) is 11.1 Å². The fraction of sp³-hybridized carbons (Fsp3) is 0.118. The third-order valence-corrected chi connectivity index (χ3v) is 5.09. The Morgan fingerprint density at radius 1 is 1.13 bits per heavy atom.